The Morgan fingerprint density at radius 1 is 1.10 bits per heavy atom. The molecule has 8 heteroatoms. The predicted octanol–water partition coefficient (Wildman–Crippen LogP) is 0.903. The highest BCUT2D eigenvalue weighted by molar-refractivity contribution is 8.06. The van der Waals surface area contributed by atoms with Gasteiger partial charge in [-0.1, -0.05) is 12.1 Å². The van der Waals surface area contributed by atoms with Crippen molar-refractivity contribution >= 4 is 19.9 Å². The number of rotatable bonds is 4. The van der Waals surface area contributed by atoms with E-state index in [2.05, 4.69) is 0 Å². The van der Waals surface area contributed by atoms with E-state index in [-0.39, 0.29) is 11.7 Å². The van der Waals surface area contributed by atoms with Gasteiger partial charge in [0.15, 0.2) is 14.9 Å². The Balaban J connectivity index is 2.02. The van der Waals surface area contributed by atoms with E-state index < -0.39 is 24.9 Å². The van der Waals surface area contributed by atoms with Gasteiger partial charge in [-0.05, 0) is 36.5 Å². The van der Waals surface area contributed by atoms with Crippen molar-refractivity contribution in [3.05, 3.63) is 29.8 Å². The highest BCUT2D eigenvalue weighted by Gasteiger charge is 2.30. The van der Waals surface area contributed by atoms with Gasteiger partial charge < -0.3 is 5.11 Å². The third kappa shape index (κ3) is 4.42. The minimum atomic E-state index is -3.75. The molecule has 1 aromatic carbocycles. The fourth-order valence-corrected chi connectivity index (χ4v) is 6.09. The standard InChI is InChI=1S/C13H19NO5S2/c1-20(16,17)10-21(18,19)14-8-6-12(7-9-14)11-2-4-13(15)5-3-11/h2-5,12,15H,6-10H2,1H3. The fraction of sp³-hybridized carbons (Fsp3) is 0.538. The lowest BCUT2D eigenvalue weighted by atomic mass is 9.90. The Labute approximate surface area is 125 Å². The molecule has 118 valence electrons. The SMILES string of the molecule is CS(=O)(=O)CS(=O)(=O)N1CCC(c2ccc(O)cc2)CC1. The summed E-state index contributed by atoms with van der Waals surface area (Å²) in [5.41, 5.74) is 1.06. The molecule has 0 aliphatic carbocycles. The summed E-state index contributed by atoms with van der Waals surface area (Å²) in [5, 5.41) is 8.44. The maximum absolute atomic E-state index is 12.0. The number of hydrogen-bond acceptors (Lipinski definition) is 5. The molecular formula is C13H19NO5S2. The van der Waals surface area contributed by atoms with Crippen molar-refractivity contribution in [3.63, 3.8) is 0 Å². The van der Waals surface area contributed by atoms with Crippen LogP contribution in [-0.4, -0.2) is 50.7 Å². The van der Waals surface area contributed by atoms with Crippen LogP contribution in [0.2, 0.25) is 0 Å². The molecule has 1 N–H and O–H groups in total. The van der Waals surface area contributed by atoms with Crippen molar-refractivity contribution in [1.82, 2.24) is 4.31 Å². The number of nitrogens with zero attached hydrogens (tertiary/aromatic N) is 1. The van der Waals surface area contributed by atoms with Gasteiger partial charge in [0.2, 0.25) is 10.0 Å². The Bertz CT molecular complexity index is 687. The van der Waals surface area contributed by atoms with Crippen LogP contribution in [0.25, 0.3) is 0 Å². The minimum absolute atomic E-state index is 0.201. The highest BCUT2D eigenvalue weighted by Crippen LogP contribution is 2.30. The minimum Gasteiger partial charge on any atom is -0.508 e. The Morgan fingerprint density at radius 2 is 1.62 bits per heavy atom. The van der Waals surface area contributed by atoms with Crippen molar-refractivity contribution in [2.24, 2.45) is 0 Å². The molecule has 2 rings (SSSR count). The molecule has 21 heavy (non-hydrogen) atoms. The van der Waals surface area contributed by atoms with E-state index in [0.717, 1.165) is 11.8 Å². The van der Waals surface area contributed by atoms with Crippen molar-refractivity contribution in [2.75, 3.05) is 24.4 Å². The molecule has 6 nitrogen and oxygen atoms in total. The Hall–Kier alpha value is -1.12. The monoisotopic (exact) mass is 333 g/mol. The fourth-order valence-electron chi connectivity index (χ4n) is 2.56. The molecule has 0 saturated carbocycles. The lowest BCUT2D eigenvalue weighted by Gasteiger charge is -2.31. The summed E-state index contributed by atoms with van der Waals surface area (Å²) in [5.74, 6) is 0.433. The van der Waals surface area contributed by atoms with E-state index in [4.69, 9.17) is 0 Å². The average Bonchev–Trinajstić information content (AvgIpc) is 2.37. The van der Waals surface area contributed by atoms with E-state index in [1.54, 1.807) is 12.1 Å². The van der Waals surface area contributed by atoms with Gasteiger partial charge in [-0.25, -0.2) is 21.1 Å². The molecule has 0 aromatic heterocycles. The van der Waals surface area contributed by atoms with Crippen LogP contribution in [0.15, 0.2) is 24.3 Å². The summed E-state index contributed by atoms with van der Waals surface area (Å²) in [6.45, 7) is 0.646. The van der Waals surface area contributed by atoms with Crippen LogP contribution < -0.4 is 0 Å². The number of sulfonamides is 1. The Kier molecular flexibility index (Phi) is 4.60. The number of hydrogen-bond donors (Lipinski definition) is 1. The predicted molar refractivity (Wildman–Crippen MR) is 80.3 cm³/mol. The molecule has 1 aliphatic heterocycles. The molecular weight excluding hydrogens is 314 g/mol. The summed E-state index contributed by atoms with van der Waals surface area (Å²) in [6.07, 6.45) is 2.22. The number of phenolic OH excluding ortho intramolecular Hbond substituents is 1. The van der Waals surface area contributed by atoms with Gasteiger partial charge >= 0.3 is 0 Å². The molecule has 0 bridgehead atoms. The topological polar surface area (TPSA) is 91.8 Å². The molecule has 1 aliphatic rings. The number of piperidine rings is 1. The largest absolute Gasteiger partial charge is 0.508 e. The molecule has 1 saturated heterocycles. The van der Waals surface area contributed by atoms with Crippen molar-refractivity contribution < 1.29 is 21.9 Å². The lowest BCUT2D eigenvalue weighted by molar-refractivity contribution is 0.321. The van der Waals surface area contributed by atoms with Crippen molar-refractivity contribution in [3.8, 4) is 5.75 Å². The maximum Gasteiger partial charge on any atom is 0.228 e. The van der Waals surface area contributed by atoms with Crippen molar-refractivity contribution in [1.29, 1.82) is 0 Å². The molecule has 0 unspecified atom stereocenters. The van der Waals surface area contributed by atoms with Gasteiger partial charge in [0.05, 0.1) is 0 Å². The first-order chi connectivity index (χ1) is 9.67. The van der Waals surface area contributed by atoms with Gasteiger partial charge in [-0.3, -0.25) is 0 Å². The lowest BCUT2D eigenvalue weighted by Crippen LogP contribution is -2.40. The molecule has 0 atom stereocenters. The second-order valence-corrected chi connectivity index (χ2v) is 9.89. The first kappa shape index (κ1) is 16.3. The molecule has 0 spiro atoms. The van der Waals surface area contributed by atoms with Gasteiger partial charge in [-0.2, -0.15) is 0 Å². The summed E-state index contributed by atoms with van der Waals surface area (Å²) >= 11 is 0. The highest BCUT2D eigenvalue weighted by atomic mass is 32.3. The van der Waals surface area contributed by atoms with Crippen LogP contribution in [0.3, 0.4) is 0 Å². The second-order valence-electron chi connectivity index (χ2n) is 5.42. The molecule has 1 aromatic rings. The van der Waals surface area contributed by atoms with E-state index in [0.29, 0.717) is 25.9 Å². The van der Waals surface area contributed by atoms with Crippen LogP contribution in [0.1, 0.15) is 24.3 Å². The summed E-state index contributed by atoms with van der Waals surface area (Å²) < 4.78 is 47.6. The first-order valence-electron chi connectivity index (χ1n) is 6.62. The third-order valence-electron chi connectivity index (χ3n) is 3.57. The quantitative estimate of drug-likeness (QED) is 0.884. The Morgan fingerprint density at radius 3 is 2.10 bits per heavy atom. The van der Waals surface area contributed by atoms with Gasteiger partial charge in [0, 0.05) is 19.3 Å². The first-order valence-corrected chi connectivity index (χ1v) is 10.3. The molecule has 0 radical (unpaired) electrons. The van der Waals surface area contributed by atoms with Crippen LogP contribution >= 0.6 is 0 Å². The van der Waals surface area contributed by atoms with E-state index in [1.807, 2.05) is 12.1 Å². The number of phenols is 1. The van der Waals surface area contributed by atoms with Crippen molar-refractivity contribution in [2.45, 2.75) is 18.8 Å². The van der Waals surface area contributed by atoms with E-state index in [1.165, 1.54) is 4.31 Å². The van der Waals surface area contributed by atoms with Gasteiger partial charge in [0.25, 0.3) is 0 Å². The smallest absolute Gasteiger partial charge is 0.228 e. The molecule has 1 heterocycles. The zero-order valence-electron chi connectivity index (χ0n) is 11.8. The van der Waals surface area contributed by atoms with Gasteiger partial charge in [-0.15, -0.1) is 0 Å². The zero-order valence-corrected chi connectivity index (χ0v) is 13.4. The zero-order chi connectivity index (χ0) is 15.7. The number of benzene rings is 1. The van der Waals surface area contributed by atoms with Crippen LogP contribution in [-0.2, 0) is 19.9 Å². The normalized spacial score (nSPS) is 18.7. The number of sulfone groups is 1. The summed E-state index contributed by atoms with van der Waals surface area (Å²) in [7, 11) is -7.31. The molecule has 0 amide bonds. The third-order valence-corrected chi connectivity index (χ3v) is 7.63. The second kappa shape index (κ2) is 5.94. The van der Waals surface area contributed by atoms with Crippen LogP contribution in [0, 0.1) is 0 Å². The number of aromatic hydroxyl groups is 1. The van der Waals surface area contributed by atoms with Gasteiger partial charge in [0.1, 0.15) is 5.75 Å². The van der Waals surface area contributed by atoms with Crippen LogP contribution in [0.5, 0.6) is 5.75 Å². The summed E-state index contributed by atoms with van der Waals surface area (Å²) in [4.78, 5) is 0. The molecule has 1 fully saturated rings. The average molecular weight is 333 g/mol. The van der Waals surface area contributed by atoms with Crippen LogP contribution in [0.4, 0.5) is 0 Å². The van der Waals surface area contributed by atoms with E-state index >= 15 is 0 Å². The summed E-state index contributed by atoms with van der Waals surface area (Å²) in [6, 6.07) is 6.89. The van der Waals surface area contributed by atoms with E-state index in [9.17, 15) is 21.9 Å². The maximum atomic E-state index is 12.0.